The number of ether oxygens (including phenoxy) is 2. The van der Waals surface area contributed by atoms with Crippen molar-refractivity contribution < 1.29 is 22.7 Å². The Balaban J connectivity index is 1.62. The molecule has 2 aromatic heterocycles. The number of benzene rings is 2. The van der Waals surface area contributed by atoms with Crippen molar-refractivity contribution in [2.45, 2.75) is 84.9 Å². The number of anilines is 1. The molecule has 5 rings (SSSR count). The lowest BCUT2D eigenvalue weighted by atomic mass is 9.87. The fourth-order valence-electron chi connectivity index (χ4n) is 5.50. The largest absolute Gasteiger partial charge is 0.487 e. The van der Waals surface area contributed by atoms with Gasteiger partial charge in [0.15, 0.2) is 5.75 Å². The monoisotopic (exact) mass is 658 g/mol. The smallest absolute Gasteiger partial charge is 0.264 e. The zero-order chi connectivity index (χ0) is 33.9. The van der Waals surface area contributed by atoms with Gasteiger partial charge in [-0.25, -0.2) is 28.1 Å². The maximum absolute atomic E-state index is 14.3. The van der Waals surface area contributed by atoms with E-state index in [4.69, 9.17) is 9.47 Å². The van der Waals surface area contributed by atoms with Crippen LogP contribution < -0.4 is 14.2 Å². The molecule has 248 valence electrons. The van der Waals surface area contributed by atoms with Crippen LogP contribution in [0.3, 0.4) is 0 Å². The van der Waals surface area contributed by atoms with Crippen molar-refractivity contribution in [2.75, 3.05) is 11.3 Å². The summed E-state index contributed by atoms with van der Waals surface area (Å²) in [5, 5.41) is 0. The molecular weight excluding hydrogens is 616 g/mol. The second kappa shape index (κ2) is 13.6. The first-order valence-corrected chi connectivity index (χ1v) is 17.2. The summed E-state index contributed by atoms with van der Waals surface area (Å²) >= 11 is 0. The van der Waals surface area contributed by atoms with Crippen molar-refractivity contribution in [1.82, 2.24) is 24.8 Å². The Bertz CT molecular complexity index is 1840. The van der Waals surface area contributed by atoms with E-state index in [9.17, 15) is 13.2 Å². The van der Waals surface area contributed by atoms with Crippen LogP contribution in [0.4, 0.5) is 5.95 Å². The van der Waals surface area contributed by atoms with Gasteiger partial charge in [0.25, 0.3) is 15.9 Å². The highest BCUT2D eigenvalue weighted by Crippen LogP contribution is 2.31. The summed E-state index contributed by atoms with van der Waals surface area (Å²) in [6.07, 6.45) is 4.61. The van der Waals surface area contributed by atoms with Crippen LogP contribution in [-0.2, 0) is 16.6 Å². The molecule has 0 fully saturated rings. The van der Waals surface area contributed by atoms with Crippen LogP contribution in [0.15, 0.2) is 65.8 Å². The minimum Gasteiger partial charge on any atom is -0.487 e. The molecule has 47 heavy (non-hydrogen) atoms. The van der Waals surface area contributed by atoms with E-state index in [1.807, 2.05) is 45.9 Å². The highest BCUT2D eigenvalue weighted by atomic mass is 32.2. The number of aryl methyl sites for hydroxylation is 2. The van der Waals surface area contributed by atoms with Crippen LogP contribution in [0.2, 0.25) is 0 Å². The number of sulfonamides is 1. The topological polar surface area (TPSA) is 136 Å². The Hall–Kier alpha value is -4.58. The van der Waals surface area contributed by atoms with Gasteiger partial charge >= 0.3 is 0 Å². The van der Waals surface area contributed by atoms with Crippen molar-refractivity contribution in [3.63, 3.8) is 0 Å². The standard InChI is InChI=1S/C35H42N6O5S/c1-8-24(4)46-27-18-36-30(37-19-27)20-41-26(17-35(5,6)7)21-45-31-16-29(32-22(2)11-9-12-23(32)3)38-34(39-31)40-47(43,44)28-14-10-13-25(15-28)33(41)42/h9-16,18-19,24,26H,8,17,20-21H2,1-7H3,(H,38,39,40)/t24-,26-/m1/s1. The highest BCUT2D eigenvalue weighted by molar-refractivity contribution is 7.92. The third-order valence-corrected chi connectivity index (χ3v) is 9.26. The number of carbonyl (C=O) groups excluding carboxylic acids is 1. The Kier molecular flexibility index (Phi) is 9.81. The summed E-state index contributed by atoms with van der Waals surface area (Å²) in [6.45, 7) is 14.3. The van der Waals surface area contributed by atoms with Crippen molar-refractivity contribution >= 4 is 21.9 Å². The van der Waals surface area contributed by atoms with Gasteiger partial charge in [0.05, 0.1) is 41.7 Å². The fourth-order valence-corrected chi connectivity index (χ4v) is 6.49. The number of aromatic nitrogens is 4. The van der Waals surface area contributed by atoms with E-state index >= 15 is 0 Å². The second-order valence-electron chi connectivity index (χ2n) is 13.1. The molecule has 4 aromatic rings. The highest BCUT2D eigenvalue weighted by Gasteiger charge is 2.32. The minimum atomic E-state index is -4.18. The molecule has 2 aromatic carbocycles. The summed E-state index contributed by atoms with van der Waals surface area (Å²) in [6, 6.07) is 13.1. The van der Waals surface area contributed by atoms with E-state index in [1.54, 1.807) is 35.5 Å². The maximum Gasteiger partial charge on any atom is 0.264 e. The average Bonchev–Trinajstić information content (AvgIpc) is 3.01. The number of nitrogens with one attached hydrogen (secondary N) is 1. The van der Waals surface area contributed by atoms with Crippen LogP contribution in [0, 0.1) is 19.3 Å². The molecule has 0 saturated carbocycles. The van der Waals surface area contributed by atoms with E-state index in [2.05, 4.69) is 45.4 Å². The van der Waals surface area contributed by atoms with Gasteiger partial charge in [0.2, 0.25) is 11.8 Å². The third kappa shape index (κ3) is 8.23. The molecule has 3 heterocycles. The summed E-state index contributed by atoms with van der Waals surface area (Å²) in [7, 11) is -4.18. The van der Waals surface area contributed by atoms with Crippen molar-refractivity contribution in [1.29, 1.82) is 0 Å². The van der Waals surface area contributed by atoms with Gasteiger partial charge in [-0.1, -0.05) is 52.0 Å². The molecule has 2 atom stereocenters. The molecule has 0 saturated heterocycles. The predicted octanol–water partition coefficient (Wildman–Crippen LogP) is 6.37. The first-order valence-electron chi connectivity index (χ1n) is 15.7. The van der Waals surface area contributed by atoms with Crippen LogP contribution in [0.1, 0.15) is 74.8 Å². The van der Waals surface area contributed by atoms with E-state index in [-0.39, 0.29) is 52.9 Å². The fraction of sp³-hybridized carbons (Fsp3) is 0.400. The van der Waals surface area contributed by atoms with Crippen molar-refractivity contribution in [2.24, 2.45) is 5.41 Å². The second-order valence-corrected chi connectivity index (χ2v) is 14.8. The number of rotatable bonds is 7. The maximum atomic E-state index is 14.3. The molecule has 1 N–H and O–H groups in total. The number of hydrogen-bond acceptors (Lipinski definition) is 9. The van der Waals surface area contributed by atoms with Crippen LogP contribution in [0.5, 0.6) is 11.6 Å². The Labute approximate surface area is 276 Å². The SMILES string of the molecule is CC[C@@H](C)Oc1cnc(CN2C(=O)c3cccc(c3)S(=O)(=O)Nc3nc(cc(-c4c(C)cccc4C)n3)OC[C@H]2CC(C)(C)C)nc1. The normalized spacial score (nSPS) is 17.0. The van der Waals surface area contributed by atoms with Gasteiger partial charge in [-0.3, -0.25) is 4.79 Å². The van der Waals surface area contributed by atoms with E-state index in [1.165, 1.54) is 12.1 Å². The van der Waals surface area contributed by atoms with Crippen molar-refractivity contribution in [3.8, 4) is 22.9 Å². The minimum absolute atomic E-state index is 0.00840. The number of amides is 1. The molecule has 11 nitrogen and oxygen atoms in total. The molecule has 12 heteroatoms. The Morgan fingerprint density at radius 3 is 2.38 bits per heavy atom. The first-order chi connectivity index (χ1) is 22.2. The Morgan fingerprint density at radius 2 is 1.72 bits per heavy atom. The molecular formula is C35H42N6O5S. The number of hydrogen-bond donors (Lipinski definition) is 1. The average molecular weight is 659 g/mol. The molecule has 1 aliphatic heterocycles. The van der Waals surface area contributed by atoms with Crippen molar-refractivity contribution in [3.05, 3.63) is 83.4 Å². The molecule has 0 unspecified atom stereocenters. The molecule has 0 aliphatic carbocycles. The first kappa shape index (κ1) is 33.8. The van der Waals surface area contributed by atoms with E-state index in [0.717, 1.165) is 23.1 Å². The van der Waals surface area contributed by atoms with Gasteiger partial charge in [0.1, 0.15) is 12.4 Å². The zero-order valence-electron chi connectivity index (χ0n) is 27.9. The van der Waals surface area contributed by atoms with E-state index in [0.29, 0.717) is 23.7 Å². The van der Waals surface area contributed by atoms with Gasteiger partial charge in [-0.15, -0.1) is 0 Å². The van der Waals surface area contributed by atoms with Gasteiger partial charge in [0, 0.05) is 17.2 Å². The zero-order valence-corrected chi connectivity index (χ0v) is 28.8. The molecule has 0 radical (unpaired) electrons. The molecule has 0 spiro atoms. The Morgan fingerprint density at radius 1 is 1.04 bits per heavy atom. The molecule has 1 amide bonds. The van der Waals surface area contributed by atoms with Gasteiger partial charge < -0.3 is 14.4 Å². The van der Waals surface area contributed by atoms with Crippen LogP contribution in [0.25, 0.3) is 11.3 Å². The quantitative estimate of drug-likeness (QED) is 0.240. The third-order valence-electron chi connectivity index (χ3n) is 7.94. The molecule has 4 bridgehead atoms. The lowest BCUT2D eigenvalue weighted by molar-refractivity contribution is 0.0505. The number of nitrogens with zero attached hydrogens (tertiary/aromatic N) is 5. The lowest BCUT2D eigenvalue weighted by Gasteiger charge is -2.35. The summed E-state index contributed by atoms with van der Waals surface area (Å²) in [4.78, 5) is 33.9. The molecule has 1 aliphatic rings. The van der Waals surface area contributed by atoms with Gasteiger partial charge in [-0.2, -0.15) is 4.98 Å². The summed E-state index contributed by atoms with van der Waals surface area (Å²) in [5.74, 6) is 0.615. The lowest BCUT2D eigenvalue weighted by Crippen LogP contribution is -2.45. The van der Waals surface area contributed by atoms with Crippen LogP contribution >= 0.6 is 0 Å². The summed E-state index contributed by atoms with van der Waals surface area (Å²) < 4.78 is 41.9. The van der Waals surface area contributed by atoms with E-state index < -0.39 is 16.1 Å². The van der Waals surface area contributed by atoms with Gasteiger partial charge in [-0.05, 0) is 68.4 Å². The summed E-state index contributed by atoms with van der Waals surface area (Å²) in [5.41, 5.74) is 3.30. The van der Waals surface area contributed by atoms with Crippen LogP contribution in [-0.4, -0.2) is 57.9 Å². The predicted molar refractivity (Wildman–Crippen MR) is 180 cm³/mol. The number of fused-ring (bicyclic) bond motifs is 4. The number of carbonyl (C=O) groups is 1.